The van der Waals surface area contributed by atoms with Crippen molar-refractivity contribution in [2.45, 2.75) is 38.6 Å². The Hall–Kier alpha value is -2.97. The Labute approximate surface area is 156 Å². The molecule has 0 saturated heterocycles. The van der Waals surface area contributed by atoms with Gasteiger partial charge in [0.05, 0.1) is 23.2 Å². The second-order valence-corrected chi connectivity index (χ2v) is 6.53. The third kappa shape index (κ3) is 5.50. The van der Waals surface area contributed by atoms with Crippen molar-refractivity contribution < 1.29 is 28.8 Å². The molecule has 2 rings (SSSR count). The van der Waals surface area contributed by atoms with E-state index in [1.807, 2.05) is 0 Å². The molecule has 1 fully saturated rings. The van der Waals surface area contributed by atoms with Crippen LogP contribution in [-0.4, -0.2) is 42.5 Å². The van der Waals surface area contributed by atoms with E-state index in [1.165, 1.54) is 0 Å². The molecule has 0 unspecified atom stereocenters. The average Bonchev–Trinajstić information content (AvgIpc) is 2.66. The number of non-ortho nitro benzene ring substituents is 1. The summed E-state index contributed by atoms with van der Waals surface area (Å²) in [5, 5.41) is 13.8. The Morgan fingerprint density at radius 1 is 1.15 bits per heavy atom. The molecule has 1 amide bonds. The first-order valence-electron chi connectivity index (χ1n) is 8.66. The number of hydrogen-bond acceptors (Lipinski definition) is 7. The van der Waals surface area contributed by atoms with Crippen LogP contribution in [0, 0.1) is 16.0 Å². The average molecular weight is 378 g/mol. The lowest BCUT2D eigenvalue weighted by Gasteiger charge is -2.29. The number of amides is 1. The summed E-state index contributed by atoms with van der Waals surface area (Å²) in [6.07, 6.45) is 4.10. The summed E-state index contributed by atoms with van der Waals surface area (Å²) in [5.41, 5.74) is -0.812. The molecule has 0 spiro atoms. The molecule has 0 bridgehead atoms. The minimum absolute atomic E-state index is 0.0497. The SMILES string of the molecule is COC(=O)c1cc(C(=O)OCC(=O)N[C@@H]2CCCC[C@H]2C)cc([N+](=O)[O-])c1. The van der Waals surface area contributed by atoms with Crippen LogP contribution in [0.4, 0.5) is 5.69 Å². The third-order valence-electron chi connectivity index (χ3n) is 4.58. The van der Waals surface area contributed by atoms with Crippen LogP contribution in [0.2, 0.25) is 0 Å². The maximum atomic E-state index is 12.2. The zero-order valence-corrected chi connectivity index (χ0v) is 15.2. The van der Waals surface area contributed by atoms with Gasteiger partial charge in [0.25, 0.3) is 11.6 Å². The van der Waals surface area contributed by atoms with Crippen molar-refractivity contribution in [2.24, 2.45) is 5.92 Å². The van der Waals surface area contributed by atoms with Gasteiger partial charge in [0.15, 0.2) is 6.61 Å². The number of ether oxygens (including phenoxy) is 2. The van der Waals surface area contributed by atoms with Gasteiger partial charge in [-0.05, 0) is 24.8 Å². The molecule has 0 radical (unpaired) electrons. The van der Waals surface area contributed by atoms with Gasteiger partial charge < -0.3 is 14.8 Å². The number of methoxy groups -OCH3 is 1. The highest BCUT2D eigenvalue weighted by atomic mass is 16.6. The molecule has 2 atom stereocenters. The smallest absolute Gasteiger partial charge is 0.338 e. The summed E-state index contributed by atoms with van der Waals surface area (Å²) < 4.78 is 9.46. The normalized spacial score (nSPS) is 19.0. The van der Waals surface area contributed by atoms with Gasteiger partial charge in [-0.15, -0.1) is 0 Å². The summed E-state index contributed by atoms with van der Waals surface area (Å²) in [5.74, 6) is -1.83. The van der Waals surface area contributed by atoms with E-state index < -0.39 is 35.1 Å². The van der Waals surface area contributed by atoms with E-state index in [1.54, 1.807) is 0 Å². The first kappa shape index (κ1) is 20.3. The number of nitro groups is 1. The van der Waals surface area contributed by atoms with Crippen LogP contribution >= 0.6 is 0 Å². The molecule has 0 aliphatic heterocycles. The van der Waals surface area contributed by atoms with Crippen LogP contribution in [0.1, 0.15) is 53.3 Å². The van der Waals surface area contributed by atoms with Gasteiger partial charge in [-0.2, -0.15) is 0 Å². The van der Waals surface area contributed by atoms with E-state index in [2.05, 4.69) is 17.0 Å². The van der Waals surface area contributed by atoms with Crippen LogP contribution in [0.15, 0.2) is 18.2 Å². The minimum atomic E-state index is -0.935. The molecule has 27 heavy (non-hydrogen) atoms. The summed E-state index contributed by atoms with van der Waals surface area (Å²) in [6, 6.07) is 3.16. The van der Waals surface area contributed by atoms with Gasteiger partial charge in [0.2, 0.25) is 0 Å². The molecular weight excluding hydrogens is 356 g/mol. The zero-order valence-electron chi connectivity index (χ0n) is 15.2. The Morgan fingerprint density at radius 3 is 2.37 bits per heavy atom. The zero-order chi connectivity index (χ0) is 20.0. The van der Waals surface area contributed by atoms with Crippen molar-refractivity contribution in [2.75, 3.05) is 13.7 Å². The summed E-state index contributed by atoms with van der Waals surface area (Å²) in [4.78, 5) is 46.1. The largest absolute Gasteiger partial charge is 0.465 e. The number of nitrogens with one attached hydrogen (secondary N) is 1. The topological polar surface area (TPSA) is 125 Å². The van der Waals surface area contributed by atoms with Crippen LogP contribution in [0.3, 0.4) is 0 Å². The molecule has 0 heterocycles. The number of esters is 2. The van der Waals surface area contributed by atoms with E-state index in [0.717, 1.165) is 51.0 Å². The highest BCUT2D eigenvalue weighted by Crippen LogP contribution is 2.23. The molecule has 146 valence electrons. The maximum Gasteiger partial charge on any atom is 0.338 e. The van der Waals surface area contributed by atoms with Crippen molar-refractivity contribution in [3.63, 3.8) is 0 Å². The van der Waals surface area contributed by atoms with Gasteiger partial charge >= 0.3 is 11.9 Å². The minimum Gasteiger partial charge on any atom is -0.465 e. The standard InChI is InChI=1S/C18H22N2O7/c1-11-5-3-4-6-15(11)19-16(21)10-27-18(23)13-7-12(17(22)26-2)8-14(9-13)20(24)25/h7-9,11,15H,3-6,10H2,1-2H3,(H,19,21)/t11-,15-/m1/s1. The number of nitrogens with zero attached hydrogens (tertiary/aromatic N) is 1. The monoisotopic (exact) mass is 378 g/mol. The lowest BCUT2D eigenvalue weighted by atomic mass is 9.86. The molecule has 1 aromatic rings. The fourth-order valence-electron chi connectivity index (χ4n) is 3.06. The Kier molecular flexibility index (Phi) is 6.86. The molecule has 9 nitrogen and oxygen atoms in total. The summed E-state index contributed by atoms with van der Waals surface area (Å²) >= 11 is 0. The van der Waals surface area contributed by atoms with E-state index in [0.29, 0.717) is 5.92 Å². The van der Waals surface area contributed by atoms with Crippen molar-refractivity contribution in [3.8, 4) is 0 Å². The summed E-state index contributed by atoms with van der Waals surface area (Å²) in [6.45, 7) is 1.56. The third-order valence-corrected chi connectivity index (χ3v) is 4.58. The molecule has 0 aromatic heterocycles. The molecule has 1 aromatic carbocycles. The quantitative estimate of drug-likeness (QED) is 0.457. The van der Waals surface area contributed by atoms with Crippen LogP contribution in [-0.2, 0) is 14.3 Å². The van der Waals surface area contributed by atoms with Crippen LogP contribution < -0.4 is 5.32 Å². The Bertz CT molecular complexity index is 747. The fraction of sp³-hybridized carbons (Fsp3) is 0.500. The van der Waals surface area contributed by atoms with Crippen LogP contribution in [0.5, 0.6) is 0 Å². The van der Waals surface area contributed by atoms with Gasteiger partial charge in [0, 0.05) is 18.2 Å². The second kappa shape index (κ2) is 9.11. The Morgan fingerprint density at radius 2 is 1.78 bits per heavy atom. The molecule has 1 aliphatic carbocycles. The number of carbonyl (C=O) groups is 3. The Balaban J connectivity index is 2.02. The lowest BCUT2D eigenvalue weighted by molar-refractivity contribution is -0.384. The summed E-state index contributed by atoms with van der Waals surface area (Å²) in [7, 11) is 1.12. The van der Waals surface area contributed by atoms with E-state index in [9.17, 15) is 24.5 Å². The molecule has 1 aliphatic rings. The second-order valence-electron chi connectivity index (χ2n) is 6.53. The first-order valence-corrected chi connectivity index (χ1v) is 8.66. The number of hydrogen-bond donors (Lipinski definition) is 1. The van der Waals surface area contributed by atoms with Gasteiger partial charge in [0.1, 0.15) is 0 Å². The molecular formula is C18H22N2O7. The number of carbonyl (C=O) groups excluding carboxylic acids is 3. The van der Waals surface area contributed by atoms with Gasteiger partial charge in [-0.25, -0.2) is 9.59 Å². The van der Waals surface area contributed by atoms with Gasteiger partial charge in [-0.1, -0.05) is 19.8 Å². The van der Waals surface area contributed by atoms with Gasteiger partial charge in [-0.3, -0.25) is 14.9 Å². The van der Waals surface area contributed by atoms with Crippen molar-refractivity contribution >= 4 is 23.5 Å². The first-order chi connectivity index (χ1) is 12.8. The van der Waals surface area contributed by atoms with E-state index in [-0.39, 0.29) is 17.2 Å². The highest BCUT2D eigenvalue weighted by Gasteiger charge is 2.24. The number of benzene rings is 1. The van der Waals surface area contributed by atoms with E-state index in [4.69, 9.17) is 4.74 Å². The highest BCUT2D eigenvalue weighted by molar-refractivity contribution is 5.97. The van der Waals surface area contributed by atoms with Crippen molar-refractivity contribution in [1.82, 2.24) is 5.32 Å². The van der Waals surface area contributed by atoms with Crippen molar-refractivity contribution in [1.29, 1.82) is 0 Å². The maximum absolute atomic E-state index is 12.2. The predicted octanol–water partition coefficient (Wildman–Crippen LogP) is 2.23. The number of rotatable bonds is 6. The van der Waals surface area contributed by atoms with E-state index >= 15 is 0 Å². The molecule has 1 N–H and O–H groups in total. The molecule has 1 saturated carbocycles. The number of nitro benzene ring substituents is 1. The molecule has 9 heteroatoms. The van der Waals surface area contributed by atoms with Crippen molar-refractivity contribution in [3.05, 3.63) is 39.4 Å². The predicted molar refractivity (Wildman–Crippen MR) is 94.3 cm³/mol. The van der Waals surface area contributed by atoms with Crippen LogP contribution in [0.25, 0.3) is 0 Å². The lowest BCUT2D eigenvalue weighted by Crippen LogP contribution is -2.42. The fourth-order valence-corrected chi connectivity index (χ4v) is 3.06.